The number of carbonyl (C=O) groups excluding carboxylic acids is 1. The minimum absolute atomic E-state index is 0.114. The Kier molecular flexibility index (Phi) is 3.78. The molecule has 2 heterocycles. The molecule has 3 nitrogen and oxygen atoms in total. The van der Waals surface area contributed by atoms with Crippen molar-refractivity contribution in [3.63, 3.8) is 0 Å². The summed E-state index contributed by atoms with van der Waals surface area (Å²) in [7, 11) is 0. The normalized spacial score (nSPS) is 18.8. The molecule has 1 aliphatic rings. The standard InChI is InChI=1S/C13H19NO2/c1-11-4-7-14(8-5-11)9-6-12(15)13-3-2-10-16-13/h2-3,10-11H,4-9H2,1H3. The minimum atomic E-state index is 0.114. The highest BCUT2D eigenvalue weighted by Crippen LogP contribution is 2.16. The van der Waals surface area contributed by atoms with Crippen LogP contribution in [0.3, 0.4) is 0 Å². The molecule has 0 saturated carbocycles. The third kappa shape index (κ3) is 2.95. The lowest BCUT2D eigenvalue weighted by molar-refractivity contribution is 0.0926. The Morgan fingerprint density at radius 2 is 2.25 bits per heavy atom. The summed E-state index contributed by atoms with van der Waals surface area (Å²) in [5.74, 6) is 1.45. The van der Waals surface area contributed by atoms with E-state index in [4.69, 9.17) is 4.42 Å². The highest BCUT2D eigenvalue weighted by molar-refractivity contribution is 5.93. The first-order valence-electron chi connectivity index (χ1n) is 6.05. The number of ketones is 1. The van der Waals surface area contributed by atoms with Crippen molar-refractivity contribution in [2.24, 2.45) is 5.92 Å². The van der Waals surface area contributed by atoms with Gasteiger partial charge in [0.15, 0.2) is 11.5 Å². The summed E-state index contributed by atoms with van der Waals surface area (Å²) in [6.45, 7) is 5.43. The molecule has 0 N–H and O–H groups in total. The van der Waals surface area contributed by atoms with E-state index in [1.807, 2.05) is 0 Å². The van der Waals surface area contributed by atoms with E-state index in [0.29, 0.717) is 12.2 Å². The molecule has 0 radical (unpaired) electrons. The van der Waals surface area contributed by atoms with E-state index in [1.165, 1.54) is 12.8 Å². The van der Waals surface area contributed by atoms with E-state index in [-0.39, 0.29) is 5.78 Å². The smallest absolute Gasteiger partial charge is 0.199 e. The molecule has 1 saturated heterocycles. The van der Waals surface area contributed by atoms with Crippen molar-refractivity contribution in [1.29, 1.82) is 0 Å². The van der Waals surface area contributed by atoms with Gasteiger partial charge in [0.25, 0.3) is 0 Å². The second kappa shape index (κ2) is 5.30. The molecule has 2 rings (SSSR count). The topological polar surface area (TPSA) is 33.5 Å². The maximum Gasteiger partial charge on any atom is 0.199 e. The fourth-order valence-electron chi connectivity index (χ4n) is 2.11. The van der Waals surface area contributed by atoms with E-state index < -0.39 is 0 Å². The molecule has 0 aliphatic carbocycles. The number of furan rings is 1. The Morgan fingerprint density at radius 3 is 2.88 bits per heavy atom. The molecule has 0 atom stereocenters. The summed E-state index contributed by atoms with van der Waals surface area (Å²) in [6.07, 6.45) is 4.64. The molecule has 88 valence electrons. The second-order valence-electron chi connectivity index (χ2n) is 4.67. The first-order valence-corrected chi connectivity index (χ1v) is 6.05. The van der Waals surface area contributed by atoms with Gasteiger partial charge in [0.1, 0.15) is 0 Å². The van der Waals surface area contributed by atoms with Gasteiger partial charge in [0, 0.05) is 13.0 Å². The molecular weight excluding hydrogens is 202 g/mol. The first-order chi connectivity index (χ1) is 7.75. The van der Waals surface area contributed by atoms with Gasteiger partial charge >= 0.3 is 0 Å². The molecule has 1 aliphatic heterocycles. The highest BCUT2D eigenvalue weighted by Gasteiger charge is 2.17. The monoisotopic (exact) mass is 221 g/mol. The number of piperidine rings is 1. The molecule has 1 fully saturated rings. The van der Waals surface area contributed by atoms with Crippen LogP contribution in [-0.4, -0.2) is 30.3 Å². The molecule has 0 spiro atoms. The van der Waals surface area contributed by atoms with Gasteiger partial charge in [0.05, 0.1) is 6.26 Å². The largest absolute Gasteiger partial charge is 0.461 e. The third-order valence-electron chi connectivity index (χ3n) is 3.33. The number of rotatable bonds is 4. The Bertz CT molecular complexity index is 324. The summed E-state index contributed by atoms with van der Waals surface area (Å²) in [5, 5.41) is 0. The number of hydrogen-bond acceptors (Lipinski definition) is 3. The van der Waals surface area contributed by atoms with E-state index in [2.05, 4.69) is 11.8 Å². The molecule has 0 amide bonds. The van der Waals surface area contributed by atoms with E-state index in [0.717, 1.165) is 25.6 Å². The number of Topliss-reactive ketones (excluding diaryl/α,β-unsaturated/α-hetero) is 1. The summed E-state index contributed by atoms with van der Waals surface area (Å²) < 4.78 is 5.08. The Balaban J connectivity index is 1.73. The molecule has 0 bridgehead atoms. The molecular formula is C13H19NO2. The van der Waals surface area contributed by atoms with Gasteiger partial charge in [-0.15, -0.1) is 0 Å². The summed E-state index contributed by atoms with van der Waals surface area (Å²) in [6, 6.07) is 3.50. The van der Waals surface area contributed by atoms with Crippen molar-refractivity contribution in [2.75, 3.05) is 19.6 Å². The van der Waals surface area contributed by atoms with Crippen molar-refractivity contribution in [2.45, 2.75) is 26.2 Å². The van der Waals surface area contributed by atoms with Crippen LogP contribution in [-0.2, 0) is 0 Å². The Labute approximate surface area is 96.4 Å². The zero-order valence-electron chi connectivity index (χ0n) is 9.82. The van der Waals surface area contributed by atoms with E-state index in [1.54, 1.807) is 18.4 Å². The predicted octanol–water partition coefficient (Wildman–Crippen LogP) is 2.58. The van der Waals surface area contributed by atoms with Gasteiger partial charge in [-0.1, -0.05) is 6.92 Å². The zero-order valence-corrected chi connectivity index (χ0v) is 9.82. The van der Waals surface area contributed by atoms with Crippen molar-refractivity contribution < 1.29 is 9.21 Å². The number of nitrogens with zero attached hydrogens (tertiary/aromatic N) is 1. The first kappa shape index (κ1) is 11.4. The van der Waals surface area contributed by atoms with Crippen LogP contribution in [0.4, 0.5) is 0 Å². The van der Waals surface area contributed by atoms with E-state index in [9.17, 15) is 4.79 Å². The van der Waals surface area contributed by atoms with Crippen LogP contribution in [0, 0.1) is 5.92 Å². The quantitative estimate of drug-likeness (QED) is 0.733. The third-order valence-corrected chi connectivity index (χ3v) is 3.33. The van der Waals surface area contributed by atoms with Crippen molar-refractivity contribution in [1.82, 2.24) is 4.90 Å². The maximum absolute atomic E-state index is 11.7. The fraction of sp³-hybridized carbons (Fsp3) is 0.615. The van der Waals surface area contributed by atoms with Gasteiger partial charge in [-0.3, -0.25) is 4.79 Å². The van der Waals surface area contributed by atoms with E-state index >= 15 is 0 Å². The zero-order chi connectivity index (χ0) is 11.4. The molecule has 0 aromatic carbocycles. The Morgan fingerprint density at radius 1 is 1.50 bits per heavy atom. The average molecular weight is 221 g/mol. The lowest BCUT2D eigenvalue weighted by Crippen LogP contribution is -2.34. The molecule has 3 heteroatoms. The Hall–Kier alpha value is -1.09. The van der Waals surface area contributed by atoms with Gasteiger partial charge in [0.2, 0.25) is 0 Å². The van der Waals surface area contributed by atoms with Gasteiger partial charge < -0.3 is 9.32 Å². The molecule has 0 unspecified atom stereocenters. The summed E-state index contributed by atoms with van der Waals surface area (Å²) >= 11 is 0. The van der Waals surface area contributed by atoms with Crippen LogP contribution < -0.4 is 0 Å². The average Bonchev–Trinajstić information content (AvgIpc) is 2.81. The lowest BCUT2D eigenvalue weighted by atomic mass is 9.99. The van der Waals surface area contributed by atoms with Crippen molar-refractivity contribution in [3.8, 4) is 0 Å². The molecule has 16 heavy (non-hydrogen) atoms. The van der Waals surface area contributed by atoms with Crippen molar-refractivity contribution in [3.05, 3.63) is 24.2 Å². The van der Waals surface area contributed by atoms with Crippen molar-refractivity contribution >= 4 is 5.78 Å². The summed E-state index contributed by atoms with van der Waals surface area (Å²) in [4.78, 5) is 14.1. The molecule has 1 aromatic rings. The highest BCUT2D eigenvalue weighted by atomic mass is 16.3. The minimum Gasteiger partial charge on any atom is -0.461 e. The summed E-state index contributed by atoms with van der Waals surface area (Å²) in [5.41, 5.74) is 0. The predicted molar refractivity (Wildman–Crippen MR) is 62.5 cm³/mol. The maximum atomic E-state index is 11.7. The molecule has 1 aromatic heterocycles. The number of carbonyl (C=O) groups is 1. The van der Waals surface area contributed by atoms with Gasteiger partial charge in [-0.2, -0.15) is 0 Å². The van der Waals surface area contributed by atoms with Crippen LogP contribution in [0.25, 0.3) is 0 Å². The van der Waals surface area contributed by atoms with Crippen LogP contribution in [0.2, 0.25) is 0 Å². The number of likely N-dealkylation sites (tertiary alicyclic amines) is 1. The van der Waals surface area contributed by atoms with Crippen LogP contribution in [0.1, 0.15) is 36.7 Å². The number of hydrogen-bond donors (Lipinski definition) is 0. The van der Waals surface area contributed by atoms with Crippen LogP contribution in [0.15, 0.2) is 22.8 Å². The van der Waals surface area contributed by atoms with Crippen LogP contribution >= 0.6 is 0 Å². The van der Waals surface area contributed by atoms with Crippen LogP contribution in [0.5, 0.6) is 0 Å². The van der Waals surface area contributed by atoms with Gasteiger partial charge in [-0.05, 0) is 44.0 Å². The fourth-order valence-corrected chi connectivity index (χ4v) is 2.11. The second-order valence-corrected chi connectivity index (χ2v) is 4.67. The lowest BCUT2D eigenvalue weighted by Gasteiger charge is -2.29. The SMILES string of the molecule is CC1CCN(CCC(=O)c2ccco2)CC1. The van der Waals surface area contributed by atoms with Gasteiger partial charge in [-0.25, -0.2) is 0 Å².